The summed E-state index contributed by atoms with van der Waals surface area (Å²) in [5, 5.41) is 0. The first kappa shape index (κ1) is 12.8. The Morgan fingerprint density at radius 3 is 2.15 bits per heavy atom. The van der Waals surface area contributed by atoms with E-state index in [1.807, 2.05) is 25.7 Å². The van der Waals surface area contributed by atoms with Crippen LogP contribution in [0.5, 0.6) is 0 Å². The lowest BCUT2D eigenvalue weighted by atomic mass is 10.3. The zero-order valence-electron chi connectivity index (χ0n) is 8.23. The van der Waals surface area contributed by atoms with Gasteiger partial charge in [0.2, 0.25) is 0 Å². The van der Waals surface area contributed by atoms with Crippen molar-refractivity contribution >= 4 is 10.4 Å². The normalized spacial score (nSPS) is 14.8. The van der Waals surface area contributed by atoms with Crippen LogP contribution in [0.4, 0.5) is 0 Å². The lowest BCUT2D eigenvalue weighted by Crippen LogP contribution is -2.36. The highest BCUT2D eigenvalue weighted by Gasteiger charge is 2.13. The van der Waals surface area contributed by atoms with Gasteiger partial charge in [-0.2, -0.15) is 8.42 Å². The van der Waals surface area contributed by atoms with E-state index in [4.69, 9.17) is 4.55 Å². The van der Waals surface area contributed by atoms with E-state index in [-0.39, 0.29) is 12.6 Å². The summed E-state index contributed by atoms with van der Waals surface area (Å²) < 4.78 is 33.1. The van der Waals surface area contributed by atoms with Gasteiger partial charge in [0.15, 0.2) is 0 Å². The molecule has 0 spiro atoms. The number of hydrogen-bond donors (Lipinski definition) is 1. The molecule has 0 amide bonds. The van der Waals surface area contributed by atoms with E-state index < -0.39 is 10.4 Å². The topological polar surface area (TPSA) is 66.8 Å². The molecular weight excluding hydrogens is 194 g/mol. The monoisotopic (exact) mass is 211 g/mol. The molecule has 0 aliphatic rings. The van der Waals surface area contributed by atoms with Crippen LogP contribution >= 0.6 is 0 Å². The average molecular weight is 211 g/mol. The summed E-state index contributed by atoms with van der Waals surface area (Å²) in [6.45, 7) is 7.44. The van der Waals surface area contributed by atoms with Gasteiger partial charge in [-0.15, -0.1) is 0 Å². The second kappa shape index (κ2) is 5.54. The van der Waals surface area contributed by atoms with Gasteiger partial charge in [-0.3, -0.25) is 9.45 Å². The van der Waals surface area contributed by atoms with Crippen LogP contribution in [0.2, 0.25) is 0 Å². The van der Waals surface area contributed by atoms with E-state index in [1.54, 1.807) is 0 Å². The maximum absolute atomic E-state index is 10.2. The van der Waals surface area contributed by atoms with Gasteiger partial charge in [0, 0.05) is 6.04 Å². The molecule has 0 aromatic heterocycles. The fourth-order valence-corrected chi connectivity index (χ4v) is 1.51. The zero-order chi connectivity index (χ0) is 10.5. The first-order valence-corrected chi connectivity index (χ1v) is 5.63. The average Bonchev–Trinajstić information content (AvgIpc) is 2.02. The molecule has 0 aromatic rings. The summed E-state index contributed by atoms with van der Waals surface area (Å²) in [4.78, 5) is 2.03. The number of hydrogen-bond acceptors (Lipinski definition) is 4. The van der Waals surface area contributed by atoms with E-state index in [1.165, 1.54) is 0 Å². The Hall–Kier alpha value is -0.170. The van der Waals surface area contributed by atoms with E-state index in [9.17, 15) is 8.42 Å². The van der Waals surface area contributed by atoms with Crippen LogP contribution in [0.1, 0.15) is 20.8 Å². The van der Waals surface area contributed by atoms with Crippen molar-refractivity contribution in [3.63, 3.8) is 0 Å². The van der Waals surface area contributed by atoms with Crippen molar-refractivity contribution in [2.24, 2.45) is 0 Å². The van der Waals surface area contributed by atoms with Crippen molar-refractivity contribution in [2.45, 2.75) is 26.8 Å². The minimum Gasteiger partial charge on any atom is -0.299 e. The molecule has 0 rings (SSSR count). The molecule has 0 saturated carbocycles. The Morgan fingerprint density at radius 1 is 1.38 bits per heavy atom. The summed E-state index contributed by atoms with van der Waals surface area (Å²) in [7, 11) is -4.30. The van der Waals surface area contributed by atoms with Crippen molar-refractivity contribution < 1.29 is 17.2 Å². The number of nitrogens with zero attached hydrogens (tertiary/aromatic N) is 1. The molecular formula is C7H17NO4S. The zero-order valence-corrected chi connectivity index (χ0v) is 9.04. The smallest absolute Gasteiger partial charge is 0.299 e. The summed E-state index contributed by atoms with van der Waals surface area (Å²) >= 11 is 0. The lowest BCUT2D eigenvalue weighted by Gasteiger charge is -2.25. The molecule has 80 valence electrons. The van der Waals surface area contributed by atoms with Crippen molar-refractivity contribution in [1.82, 2.24) is 4.90 Å². The molecule has 5 nitrogen and oxygen atoms in total. The second-order valence-electron chi connectivity index (χ2n) is 2.78. The highest BCUT2D eigenvalue weighted by Crippen LogP contribution is 2.00. The first-order chi connectivity index (χ1) is 5.90. The minimum absolute atomic E-state index is 0.0134. The van der Waals surface area contributed by atoms with Crippen LogP contribution in [0.3, 0.4) is 0 Å². The summed E-state index contributed by atoms with van der Waals surface area (Å²) in [6, 6.07) is -0.0167. The maximum Gasteiger partial charge on any atom is 0.397 e. The van der Waals surface area contributed by atoms with Crippen molar-refractivity contribution in [1.29, 1.82) is 0 Å². The summed E-state index contributed by atoms with van der Waals surface area (Å²) in [5.41, 5.74) is 0. The second-order valence-corrected chi connectivity index (χ2v) is 3.87. The lowest BCUT2D eigenvalue weighted by molar-refractivity contribution is 0.151. The molecule has 6 heteroatoms. The molecule has 0 heterocycles. The van der Waals surface area contributed by atoms with Crippen molar-refractivity contribution in [3.8, 4) is 0 Å². The number of likely N-dealkylation sites (N-methyl/N-ethyl adjacent to an activating group) is 1. The molecule has 0 aliphatic heterocycles. The number of rotatable bonds is 6. The molecule has 0 saturated heterocycles. The molecule has 13 heavy (non-hydrogen) atoms. The fourth-order valence-electron chi connectivity index (χ4n) is 1.14. The molecule has 1 unspecified atom stereocenters. The van der Waals surface area contributed by atoms with E-state index in [2.05, 4.69) is 4.18 Å². The molecule has 0 fully saturated rings. The predicted molar refractivity (Wildman–Crippen MR) is 49.9 cm³/mol. The third-order valence-electron chi connectivity index (χ3n) is 1.89. The Morgan fingerprint density at radius 2 is 1.85 bits per heavy atom. The quantitative estimate of drug-likeness (QED) is 0.649. The van der Waals surface area contributed by atoms with Crippen LogP contribution in [-0.4, -0.2) is 43.6 Å². The van der Waals surface area contributed by atoms with Gasteiger partial charge in [-0.05, 0) is 20.0 Å². The van der Waals surface area contributed by atoms with Gasteiger partial charge in [0.1, 0.15) is 0 Å². The molecule has 0 radical (unpaired) electrons. The molecule has 0 aromatic carbocycles. The van der Waals surface area contributed by atoms with Crippen LogP contribution < -0.4 is 0 Å². The fraction of sp³-hybridized carbons (Fsp3) is 1.00. The third kappa shape index (κ3) is 5.98. The standard InChI is InChI=1S/C7H17NO4S/c1-4-8(5-2)7(3)6-12-13(9,10)11/h7H,4-6H2,1-3H3,(H,9,10,11). The Balaban J connectivity index is 3.92. The van der Waals surface area contributed by atoms with Gasteiger partial charge in [0.25, 0.3) is 0 Å². The van der Waals surface area contributed by atoms with Crippen LogP contribution in [0.15, 0.2) is 0 Å². The van der Waals surface area contributed by atoms with Crippen LogP contribution in [0.25, 0.3) is 0 Å². The van der Waals surface area contributed by atoms with Crippen molar-refractivity contribution in [3.05, 3.63) is 0 Å². The van der Waals surface area contributed by atoms with Gasteiger partial charge in [0.05, 0.1) is 6.61 Å². The first-order valence-electron chi connectivity index (χ1n) is 4.26. The third-order valence-corrected chi connectivity index (χ3v) is 2.33. The van der Waals surface area contributed by atoms with Gasteiger partial charge in [-0.1, -0.05) is 13.8 Å². The predicted octanol–water partition coefficient (Wildman–Crippen LogP) is 0.536. The SMILES string of the molecule is CCN(CC)C(C)COS(=O)(=O)O. The van der Waals surface area contributed by atoms with E-state index >= 15 is 0 Å². The Kier molecular flexibility index (Phi) is 5.46. The Labute approximate surface area is 79.6 Å². The molecule has 1 N–H and O–H groups in total. The largest absolute Gasteiger partial charge is 0.397 e. The van der Waals surface area contributed by atoms with Crippen LogP contribution in [-0.2, 0) is 14.6 Å². The molecule has 1 atom stereocenters. The van der Waals surface area contributed by atoms with Crippen LogP contribution in [0, 0.1) is 0 Å². The highest BCUT2D eigenvalue weighted by atomic mass is 32.3. The van der Waals surface area contributed by atoms with Gasteiger partial charge < -0.3 is 0 Å². The highest BCUT2D eigenvalue weighted by molar-refractivity contribution is 7.80. The molecule has 0 bridgehead atoms. The summed E-state index contributed by atoms with van der Waals surface area (Å²) in [5.74, 6) is 0. The minimum atomic E-state index is -4.30. The van der Waals surface area contributed by atoms with Crippen molar-refractivity contribution in [2.75, 3.05) is 19.7 Å². The van der Waals surface area contributed by atoms with E-state index in [0.717, 1.165) is 13.1 Å². The summed E-state index contributed by atoms with van der Waals surface area (Å²) in [6.07, 6.45) is 0. The van der Waals surface area contributed by atoms with E-state index in [0.29, 0.717) is 0 Å². The van der Waals surface area contributed by atoms with Gasteiger partial charge >= 0.3 is 10.4 Å². The van der Waals surface area contributed by atoms with Gasteiger partial charge in [-0.25, -0.2) is 4.18 Å². The Bertz CT molecular complexity index is 223. The molecule has 0 aliphatic carbocycles. The maximum atomic E-state index is 10.2.